The molecule has 0 bridgehead atoms. The molecule has 2 fully saturated rings. The minimum atomic E-state index is 0.0264. The molecule has 2 aromatic rings. The standard InChI is InChI=1S/C18H26N4O/c1-4-6-11-21-12(3)14(5-2)22-15(16(21)23)19-20-17(22)18(9-10-18)13-7-8-13/h13H,4-11H2,1-3H3. The van der Waals surface area contributed by atoms with Crippen molar-refractivity contribution in [3.05, 3.63) is 27.6 Å². The second-order valence-electron chi connectivity index (χ2n) is 7.31. The number of aromatic nitrogens is 4. The van der Waals surface area contributed by atoms with Gasteiger partial charge in [0.05, 0.1) is 0 Å². The van der Waals surface area contributed by atoms with E-state index in [1.54, 1.807) is 0 Å². The molecule has 5 nitrogen and oxygen atoms in total. The number of nitrogens with zero attached hydrogens (tertiary/aromatic N) is 4. The van der Waals surface area contributed by atoms with Crippen molar-refractivity contribution < 1.29 is 0 Å². The zero-order valence-corrected chi connectivity index (χ0v) is 14.4. The number of unbranched alkanes of at least 4 members (excludes halogenated alkanes) is 1. The van der Waals surface area contributed by atoms with Gasteiger partial charge in [0.2, 0.25) is 5.65 Å². The van der Waals surface area contributed by atoms with Crippen LogP contribution in [0, 0.1) is 12.8 Å². The molecule has 0 aromatic carbocycles. The molecule has 0 unspecified atom stereocenters. The van der Waals surface area contributed by atoms with Crippen LogP contribution in [-0.2, 0) is 18.4 Å². The third-order valence-corrected chi connectivity index (χ3v) is 5.85. The summed E-state index contributed by atoms with van der Waals surface area (Å²) in [5, 5.41) is 8.86. The van der Waals surface area contributed by atoms with Gasteiger partial charge in [0, 0.05) is 23.3 Å². The molecule has 2 aliphatic rings. The minimum absolute atomic E-state index is 0.0264. The van der Waals surface area contributed by atoms with Gasteiger partial charge < -0.3 is 4.57 Å². The van der Waals surface area contributed by atoms with E-state index in [0.717, 1.165) is 43.2 Å². The predicted octanol–water partition coefficient (Wildman–Crippen LogP) is 3.00. The molecule has 0 saturated heterocycles. The fraction of sp³-hybridized carbons (Fsp3) is 0.722. The Balaban J connectivity index is 1.94. The maximum atomic E-state index is 12.9. The molecule has 2 aliphatic carbocycles. The Morgan fingerprint density at radius 2 is 1.96 bits per heavy atom. The number of hydrogen-bond donors (Lipinski definition) is 0. The van der Waals surface area contributed by atoms with Gasteiger partial charge in [-0.05, 0) is 51.4 Å². The Bertz CT molecular complexity index is 809. The van der Waals surface area contributed by atoms with E-state index >= 15 is 0 Å². The van der Waals surface area contributed by atoms with Gasteiger partial charge in [-0.3, -0.25) is 9.20 Å². The van der Waals surface area contributed by atoms with Gasteiger partial charge in [0.25, 0.3) is 5.56 Å². The molecular formula is C18H26N4O. The Labute approximate surface area is 136 Å². The van der Waals surface area contributed by atoms with Gasteiger partial charge in [-0.1, -0.05) is 20.3 Å². The van der Waals surface area contributed by atoms with Crippen molar-refractivity contribution in [1.82, 2.24) is 19.2 Å². The van der Waals surface area contributed by atoms with Gasteiger partial charge in [-0.25, -0.2) is 0 Å². The van der Waals surface area contributed by atoms with Crippen LogP contribution in [0.4, 0.5) is 0 Å². The third-order valence-electron chi connectivity index (χ3n) is 5.85. The summed E-state index contributed by atoms with van der Waals surface area (Å²) >= 11 is 0. The van der Waals surface area contributed by atoms with E-state index in [4.69, 9.17) is 0 Å². The monoisotopic (exact) mass is 314 g/mol. The van der Waals surface area contributed by atoms with Gasteiger partial charge >= 0.3 is 0 Å². The smallest absolute Gasteiger partial charge is 0.296 e. The number of aryl methyl sites for hydroxylation is 1. The summed E-state index contributed by atoms with van der Waals surface area (Å²) < 4.78 is 4.03. The van der Waals surface area contributed by atoms with Gasteiger partial charge in [-0.2, -0.15) is 0 Å². The summed E-state index contributed by atoms with van der Waals surface area (Å²) in [4.78, 5) is 12.9. The maximum Gasteiger partial charge on any atom is 0.296 e. The molecule has 2 heterocycles. The summed E-state index contributed by atoms with van der Waals surface area (Å²) in [6.07, 6.45) is 8.04. The van der Waals surface area contributed by atoms with E-state index in [0.29, 0.717) is 5.65 Å². The van der Waals surface area contributed by atoms with Crippen molar-refractivity contribution >= 4 is 5.65 Å². The second-order valence-corrected chi connectivity index (χ2v) is 7.31. The van der Waals surface area contributed by atoms with Crippen molar-refractivity contribution in [2.75, 3.05) is 0 Å². The highest BCUT2D eigenvalue weighted by Gasteiger charge is 2.58. The van der Waals surface area contributed by atoms with Crippen LogP contribution in [0.2, 0.25) is 0 Å². The lowest BCUT2D eigenvalue weighted by atomic mass is 9.99. The highest BCUT2D eigenvalue weighted by Crippen LogP contribution is 2.61. The molecule has 5 heteroatoms. The highest BCUT2D eigenvalue weighted by atomic mass is 16.1. The molecular weight excluding hydrogens is 288 g/mol. The fourth-order valence-corrected chi connectivity index (χ4v) is 4.18. The first kappa shape index (κ1) is 14.9. The van der Waals surface area contributed by atoms with Crippen LogP contribution < -0.4 is 5.56 Å². The number of hydrogen-bond acceptors (Lipinski definition) is 3. The van der Waals surface area contributed by atoms with Gasteiger partial charge in [-0.15, -0.1) is 10.2 Å². The molecule has 0 amide bonds. The van der Waals surface area contributed by atoms with Crippen LogP contribution in [0.5, 0.6) is 0 Å². The third kappa shape index (κ3) is 2.08. The fourth-order valence-electron chi connectivity index (χ4n) is 4.18. The average molecular weight is 314 g/mol. The Hall–Kier alpha value is -1.65. The minimum Gasteiger partial charge on any atom is -0.308 e. The van der Waals surface area contributed by atoms with Crippen molar-refractivity contribution in [2.45, 2.75) is 77.7 Å². The summed E-state index contributed by atoms with van der Waals surface area (Å²) in [6.45, 7) is 7.18. The molecule has 0 radical (unpaired) electrons. The van der Waals surface area contributed by atoms with E-state index in [-0.39, 0.29) is 11.0 Å². The van der Waals surface area contributed by atoms with Crippen LogP contribution in [0.3, 0.4) is 0 Å². The average Bonchev–Trinajstić information content (AvgIpc) is 3.45. The molecule has 2 saturated carbocycles. The largest absolute Gasteiger partial charge is 0.308 e. The normalized spacial score (nSPS) is 19.4. The van der Waals surface area contributed by atoms with Crippen LogP contribution in [0.1, 0.15) is 69.6 Å². The summed E-state index contributed by atoms with van der Waals surface area (Å²) in [6, 6.07) is 0. The summed E-state index contributed by atoms with van der Waals surface area (Å²) in [5.41, 5.74) is 3.08. The Morgan fingerprint density at radius 1 is 1.22 bits per heavy atom. The molecule has 0 N–H and O–H groups in total. The van der Waals surface area contributed by atoms with Crippen LogP contribution in [0.15, 0.2) is 4.79 Å². The first-order valence-corrected chi connectivity index (χ1v) is 9.12. The van der Waals surface area contributed by atoms with E-state index in [1.807, 2.05) is 4.57 Å². The SMILES string of the molecule is CCCCn1c(C)c(CC)n2c(C3(C4CC4)CC3)nnc2c1=O. The predicted molar refractivity (Wildman–Crippen MR) is 89.9 cm³/mol. The first-order chi connectivity index (χ1) is 11.1. The molecule has 124 valence electrons. The van der Waals surface area contributed by atoms with Crippen LogP contribution in [-0.4, -0.2) is 19.2 Å². The van der Waals surface area contributed by atoms with Crippen molar-refractivity contribution in [1.29, 1.82) is 0 Å². The van der Waals surface area contributed by atoms with Crippen molar-refractivity contribution in [3.63, 3.8) is 0 Å². The summed E-state index contributed by atoms with van der Waals surface area (Å²) in [5.74, 6) is 1.83. The zero-order valence-electron chi connectivity index (χ0n) is 14.4. The quantitative estimate of drug-likeness (QED) is 0.823. The Morgan fingerprint density at radius 3 is 2.52 bits per heavy atom. The van der Waals surface area contributed by atoms with Crippen molar-refractivity contribution in [2.24, 2.45) is 5.92 Å². The lowest BCUT2D eigenvalue weighted by Crippen LogP contribution is -2.28. The van der Waals surface area contributed by atoms with Gasteiger partial charge in [0.15, 0.2) is 0 Å². The zero-order chi connectivity index (χ0) is 16.2. The van der Waals surface area contributed by atoms with E-state index < -0.39 is 0 Å². The highest BCUT2D eigenvalue weighted by molar-refractivity contribution is 5.43. The number of fused-ring (bicyclic) bond motifs is 1. The molecule has 4 rings (SSSR count). The molecule has 23 heavy (non-hydrogen) atoms. The Kier molecular flexibility index (Phi) is 3.36. The van der Waals surface area contributed by atoms with Gasteiger partial charge in [0.1, 0.15) is 5.82 Å². The molecule has 0 spiro atoms. The molecule has 2 aromatic heterocycles. The molecule has 0 atom stereocenters. The van der Waals surface area contributed by atoms with E-state index in [2.05, 4.69) is 35.4 Å². The summed E-state index contributed by atoms with van der Waals surface area (Å²) in [7, 11) is 0. The first-order valence-electron chi connectivity index (χ1n) is 9.12. The lowest BCUT2D eigenvalue weighted by molar-refractivity contribution is 0.541. The van der Waals surface area contributed by atoms with Crippen LogP contribution in [0.25, 0.3) is 5.65 Å². The topological polar surface area (TPSA) is 52.2 Å². The second kappa shape index (κ2) is 5.18. The lowest BCUT2D eigenvalue weighted by Gasteiger charge is -2.18. The van der Waals surface area contributed by atoms with E-state index in [1.165, 1.54) is 31.4 Å². The van der Waals surface area contributed by atoms with Crippen molar-refractivity contribution in [3.8, 4) is 0 Å². The molecule has 0 aliphatic heterocycles. The van der Waals surface area contributed by atoms with Crippen LogP contribution >= 0.6 is 0 Å². The number of rotatable bonds is 6. The maximum absolute atomic E-state index is 12.9. The van der Waals surface area contributed by atoms with E-state index in [9.17, 15) is 4.79 Å².